The second-order valence-corrected chi connectivity index (χ2v) is 7.61. The van der Waals surface area contributed by atoms with E-state index < -0.39 is 0 Å². The van der Waals surface area contributed by atoms with Crippen molar-refractivity contribution in [1.29, 1.82) is 0 Å². The van der Waals surface area contributed by atoms with Crippen molar-refractivity contribution in [3.8, 4) is 5.75 Å². The van der Waals surface area contributed by atoms with E-state index in [1.807, 2.05) is 30.3 Å². The van der Waals surface area contributed by atoms with Crippen molar-refractivity contribution >= 4 is 34.6 Å². The normalized spacial score (nSPS) is 13.6. The number of nitrogens with zero attached hydrogens (tertiary/aromatic N) is 1. The van der Waals surface area contributed by atoms with Gasteiger partial charge in [-0.1, -0.05) is 25.5 Å². The van der Waals surface area contributed by atoms with E-state index in [1.165, 1.54) is 19.3 Å². The minimum absolute atomic E-state index is 0.238. The Bertz CT molecular complexity index is 817. The molecule has 0 radical (unpaired) electrons. The molecule has 0 bridgehead atoms. The van der Waals surface area contributed by atoms with Crippen LogP contribution in [0.2, 0.25) is 0 Å². The molecule has 6 heteroatoms. The molecule has 0 saturated carbocycles. The predicted octanol–water partition coefficient (Wildman–Crippen LogP) is 4.98. The number of nitrogens with one attached hydrogen (secondary N) is 2. The maximum atomic E-state index is 12.5. The van der Waals surface area contributed by atoms with E-state index in [1.54, 1.807) is 12.1 Å². The second kappa shape index (κ2) is 10.8. The van der Waals surface area contributed by atoms with Crippen LogP contribution in [0.5, 0.6) is 5.75 Å². The van der Waals surface area contributed by atoms with Crippen LogP contribution in [0.1, 0.15) is 49.4 Å². The zero-order valence-electron chi connectivity index (χ0n) is 16.9. The van der Waals surface area contributed by atoms with E-state index in [-0.39, 0.29) is 5.91 Å². The zero-order valence-corrected chi connectivity index (χ0v) is 17.8. The lowest BCUT2D eigenvalue weighted by atomic mass is 10.1. The number of rotatable bonds is 7. The van der Waals surface area contributed by atoms with Crippen LogP contribution in [0, 0.1) is 0 Å². The summed E-state index contributed by atoms with van der Waals surface area (Å²) >= 11 is 5.38. The van der Waals surface area contributed by atoms with Gasteiger partial charge < -0.3 is 15.0 Å². The number of amides is 1. The number of piperidine rings is 1. The van der Waals surface area contributed by atoms with Crippen molar-refractivity contribution in [2.45, 2.75) is 39.0 Å². The van der Waals surface area contributed by atoms with Crippen LogP contribution in [0.4, 0.5) is 11.4 Å². The Labute approximate surface area is 178 Å². The number of anilines is 2. The summed E-state index contributed by atoms with van der Waals surface area (Å²) in [5.41, 5.74) is 2.58. The summed E-state index contributed by atoms with van der Waals surface area (Å²) in [5, 5.41) is 6.25. The monoisotopic (exact) mass is 411 g/mol. The summed E-state index contributed by atoms with van der Waals surface area (Å²) in [6, 6.07) is 15.2. The number of thiocarbonyl (C=S) groups is 1. The predicted molar refractivity (Wildman–Crippen MR) is 123 cm³/mol. The lowest BCUT2D eigenvalue weighted by Gasteiger charge is -2.30. The standard InChI is InChI=1S/C23H29N3O2S/c1-2-3-17-28-19-13-11-18(12-14-19)22(27)25-23(29)24-20-9-5-6-10-21(20)26-15-7-4-8-16-26/h5-6,9-14H,2-4,7-8,15-17H2,1H3,(H2,24,25,27,29). The fourth-order valence-electron chi connectivity index (χ4n) is 3.36. The quantitative estimate of drug-likeness (QED) is 0.497. The van der Waals surface area contributed by atoms with E-state index in [2.05, 4.69) is 28.5 Å². The molecule has 5 nitrogen and oxygen atoms in total. The molecule has 2 N–H and O–H groups in total. The van der Waals surface area contributed by atoms with E-state index in [0.717, 1.165) is 43.1 Å². The summed E-state index contributed by atoms with van der Waals surface area (Å²) in [4.78, 5) is 14.9. The van der Waals surface area contributed by atoms with Gasteiger partial charge >= 0.3 is 0 Å². The smallest absolute Gasteiger partial charge is 0.257 e. The van der Waals surface area contributed by atoms with Crippen molar-refractivity contribution < 1.29 is 9.53 Å². The number of carbonyl (C=O) groups excluding carboxylic acids is 1. The molecule has 2 aromatic rings. The zero-order chi connectivity index (χ0) is 20.5. The van der Waals surface area contributed by atoms with Gasteiger partial charge in [0.05, 0.1) is 18.0 Å². The topological polar surface area (TPSA) is 53.6 Å². The first-order valence-corrected chi connectivity index (χ1v) is 10.8. The molecular weight excluding hydrogens is 382 g/mol. The number of unbranched alkanes of at least 4 members (excludes halogenated alkanes) is 1. The Morgan fingerprint density at radius 2 is 1.79 bits per heavy atom. The summed E-state index contributed by atoms with van der Waals surface area (Å²) < 4.78 is 5.64. The molecule has 1 saturated heterocycles. The molecule has 29 heavy (non-hydrogen) atoms. The van der Waals surface area contributed by atoms with Gasteiger partial charge in [0.25, 0.3) is 5.91 Å². The second-order valence-electron chi connectivity index (χ2n) is 7.20. The van der Waals surface area contributed by atoms with Gasteiger partial charge in [-0.15, -0.1) is 0 Å². The SMILES string of the molecule is CCCCOc1ccc(C(=O)NC(=S)Nc2ccccc2N2CCCCC2)cc1. The largest absolute Gasteiger partial charge is 0.494 e. The van der Waals surface area contributed by atoms with Gasteiger partial charge in [0.15, 0.2) is 5.11 Å². The van der Waals surface area contributed by atoms with E-state index in [4.69, 9.17) is 17.0 Å². The minimum Gasteiger partial charge on any atom is -0.494 e. The number of hydrogen-bond donors (Lipinski definition) is 2. The average molecular weight is 412 g/mol. The van der Waals surface area contributed by atoms with Crippen LogP contribution < -0.4 is 20.3 Å². The summed E-state index contributed by atoms with van der Waals surface area (Å²) in [6.07, 6.45) is 5.79. The van der Waals surface area contributed by atoms with Gasteiger partial charge in [-0.2, -0.15) is 0 Å². The van der Waals surface area contributed by atoms with Crippen LogP contribution in [0.15, 0.2) is 48.5 Å². The van der Waals surface area contributed by atoms with Gasteiger partial charge in [0.2, 0.25) is 0 Å². The highest BCUT2D eigenvalue weighted by Gasteiger charge is 2.15. The Hall–Kier alpha value is -2.60. The molecule has 0 spiro atoms. The van der Waals surface area contributed by atoms with E-state index >= 15 is 0 Å². The number of carbonyl (C=O) groups is 1. The minimum atomic E-state index is -0.238. The maximum Gasteiger partial charge on any atom is 0.257 e. The lowest BCUT2D eigenvalue weighted by molar-refractivity contribution is 0.0977. The fourth-order valence-corrected chi connectivity index (χ4v) is 3.56. The summed E-state index contributed by atoms with van der Waals surface area (Å²) in [5.74, 6) is 0.532. The Morgan fingerprint density at radius 3 is 2.52 bits per heavy atom. The molecule has 0 aromatic heterocycles. The van der Waals surface area contributed by atoms with Gasteiger partial charge in [-0.05, 0) is 74.3 Å². The van der Waals surface area contributed by atoms with E-state index in [9.17, 15) is 4.79 Å². The van der Waals surface area contributed by atoms with Gasteiger partial charge in [0.1, 0.15) is 5.75 Å². The number of para-hydroxylation sites is 2. The Balaban J connectivity index is 1.57. The van der Waals surface area contributed by atoms with Crippen LogP contribution >= 0.6 is 12.2 Å². The number of hydrogen-bond acceptors (Lipinski definition) is 4. The summed E-state index contributed by atoms with van der Waals surface area (Å²) in [7, 11) is 0. The van der Waals surface area contributed by atoms with Crippen molar-refractivity contribution in [1.82, 2.24) is 5.32 Å². The highest BCUT2D eigenvalue weighted by molar-refractivity contribution is 7.80. The van der Waals surface area contributed by atoms with Crippen LogP contribution in [-0.4, -0.2) is 30.7 Å². The average Bonchev–Trinajstić information content (AvgIpc) is 2.75. The van der Waals surface area contributed by atoms with Crippen molar-refractivity contribution in [2.24, 2.45) is 0 Å². The van der Waals surface area contributed by atoms with E-state index in [0.29, 0.717) is 17.3 Å². The highest BCUT2D eigenvalue weighted by Crippen LogP contribution is 2.28. The number of ether oxygens (including phenoxy) is 1. The molecule has 154 valence electrons. The molecule has 1 aliphatic rings. The first-order valence-electron chi connectivity index (χ1n) is 10.4. The van der Waals surface area contributed by atoms with Crippen molar-refractivity contribution in [2.75, 3.05) is 29.9 Å². The lowest BCUT2D eigenvalue weighted by Crippen LogP contribution is -2.35. The van der Waals surface area contributed by atoms with Gasteiger partial charge in [0, 0.05) is 18.7 Å². The third-order valence-electron chi connectivity index (χ3n) is 4.96. The molecular formula is C23H29N3O2S. The fraction of sp³-hybridized carbons (Fsp3) is 0.391. The Morgan fingerprint density at radius 1 is 1.07 bits per heavy atom. The molecule has 1 heterocycles. The third-order valence-corrected chi connectivity index (χ3v) is 5.16. The highest BCUT2D eigenvalue weighted by atomic mass is 32.1. The molecule has 1 fully saturated rings. The molecule has 1 aliphatic heterocycles. The van der Waals surface area contributed by atoms with Gasteiger partial charge in [-0.3, -0.25) is 10.1 Å². The molecule has 2 aromatic carbocycles. The van der Waals surface area contributed by atoms with Crippen molar-refractivity contribution in [3.63, 3.8) is 0 Å². The van der Waals surface area contributed by atoms with Crippen LogP contribution in [0.3, 0.4) is 0 Å². The maximum absolute atomic E-state index is 12.5. The first-order chi connectivity index (χ1) is 14.2. The molecule has 1 amide bonds. The van der Waals surface area contributed by atoms with Crippen LogP contribution in [-0.2, 0) is 0 Å². The molecule has 0 aliphatic carbocycles. The third kappa shape index (κ3) is 6.19. The molecule has 3 rings (SSSR count). The molecule has 0 unspecified atom stereocenters. The first kappa shape index (κ1) is 21.1. The number of benzene rings is 2. The summed E-state index contributed by atoms with van der Waals surface area (Å²) in [6.45, 7) is 4.90. The van der Waals surface area contributed by atoms with Crippen LogP contribution in [0.25, 0.3) is 0 Å². The Kier molecular flexibility index (Phi) is 7.87. The molecule has 0 atom stereocenters. The van der Waals surface area contributed by atoms with Crippen molar-refractivity contribution in [3.05, 3.63) is 54.1 Å². The van der Waals surface area contributed by atoms with Gasteiger partial charge in [-0.25, -0.2) is 0 Å².